The van der Waals surface area contributed by atoms with Crippen LogP contribution in [0.15, 0.2) is 18.3 Å². The quantitative estimate of drug-likeness (QED) is 0.794. The Morgan fingerprint density at radius 3 is 3.20 bits per heavy atom. The van der Waals surface area contributed by atoms with Gasteiger partial charge in [-0.15, -0.1) is 0 Å². The van der Waals surface area contributed by atoms with Crippen LogP contribution in [-0.2, 0) is 11.3 Å². The maximum Gasteiger partial charge on any atom is 0.407 e. The van der Waals surface area contributed by atoms with Gasteiger partial charge >= 0.3 is 6.09 Å². The van der Waals surface area contributed by atoms with E-state index in [0.717, 1.165) is 31.6 Å². The van der Waals surface area contributed by atoms with Crippen LogP contribution in [-0.4, -0.2) is 47.2 Å². The number of likely N-dealkylation sites (tertiary alicyclic amines) is 1. The Morgan fingerprint density at radius 1 is 1.70 bits per heavy atom. The molecule has 0 spiro atoms. The number of thiocarbonyl (C=S) groups is 1. The molecule has 1 aromatic rings. The molecule has 2 heterocycles. The van der Waals surface area contributed by atoms with Gasteiger partial charge in [-0.3, -0.25) is 9.88 Å². The molecule has 2 rings (SSSR count). The molecule has 7 heteroatoms. The molecule has 1 amide bonds. The second kappa shape index (κ2) is 6.62. The largest absolute Gasteiger partial charge is 0.453 e. The van der Waals surface area contributed by atoms with Gasteiger partial charge in [0.05, 0.1) is 7.11 Å². The van der Waals surface area contributed by atoms with E-state index < -0.39 is 0 Å². The van der Waals surface area contributed by atoms with E-state index in [-0.39, 0.29) is 12.1 Å². The minimum absolute atomic E-state index is 0.118. The van der Waals surface area contributed by atoms with E-state index in [2.05, 4.69) is 19.9 Å². The Bertz CT molecular complexity index is 509. The van der Waals surface area contributed by atoms with Crippen LogP contribution in [0.2, 0.25) is 0 Å². The van der Waals surface area contributed by atoms with Crippen LogP contribution >= 0.6 is 12.2 Å². The second-order valence-corrected chi connectivity index (χ2v) is 5.17. The number of alkyl carbamates (subject to hydrolysis) is 1. The first-order chi connectivity index (χ1) is 9.60. The van der Waals surface area contributed by atoms with Gasteiger partial charge in [0.2, 0.25) is 0 Å². The number of pyridine rings is 1. The van der Waals surface area contributed by atoms with Crippen molar-refractivity contribution in [3.63, 3.8) is 0 Å². The fourth-order valence-corrected chi connectivity index (χ4v) is 2.53. The van der Waals surface area contributed by atoms with E-state index in [1.54, 1.807) is 6.20 Å². The number of nitrogens with two attached hydrogens (primary N) is 1. The Labute approximate surface area is 123 Å². The Morgan fingerprint density at radius 2 is 2.50 bits per heavy atom. The van der Waals surface area contributed by atoms with E-state index in [1.165, 1.54) is 7.11 Å². The zero-order chi connectivity index (χ0) is 14.5. The SMILES string of the molecule is COC(=O)NC1CCN(Cc2cccnc2C(N)=S)C1. The van der Waals surface area contributed by atoms with Crippen LogP contribution in [0.5, 0.6) is 0 Å². The molecule has 3 N–H and O–H groups in total. The summed E-state index contributed by atoms with van der Waals surface area (Å²) in [7, 11) is 1.37. The van der Waals surface area contributed by atoms with Gasteiger partial charge < -0.3 is 15.8 Å². The molecule has 1 aliphatic heterocycles. The highest BCUT2D eigenvalue weighted by Gasteiger charge is 2.24. The van der Waals surface area contributed by atoms with Crippen molar-refractivity contribution in [2.24, 2.45) is 5.73 Å². The van der Waals surface area contributed by atoms with E-state index in [9.17, 15) is 4.79 Å². The predicted octanol–water partition coefficient (Wildman–Crippen LogP) is 0.646. The summed E-state index contributed by atoms with van der Waals surface area (Å²) in [6.45, 7) is 2.40. The lowest BCUT2D eigenvalue weighted by Gasteiger charge is -2.17. The molecule has 108 valence electrons. The molecule has 0 bridgehead atoms. The summed E-state index contributed by atoms with van der Waals surface area (Å²) < 4.78 is 4.60. The van der Waals surface area contributed by atoms with Crippen molar-refractivity contribution in [1.29, 1.82) is 0 Å². The van der Waals surface area contributed by atoms with Crippen molar-refractivity contribution in [1.82, 2.24) is 15.2 Å². The minimum Gasteiger partial charge on any atom is -0.453 e. The van der Waals surface area contributed by atoms with Crippen molar-refractivity contribution in [3.8, 4) is 0 Å². The molecular formula is C13H18N4O2S. The third kappa shape index (κ3) is 3.64. The van der Waals surface area contributed by atoms with E-state index in [4.69, 9.17) is 18.0 Å². The standard InChI is InChI=1S/C13H18N4O2S/c1-19-13(18)16-10-4-6-17(8-10)7-9-3-2-5-15-11(9)12(14)20/h2-3,5,10H,4,6-8H2,1H3,(H2,14,20)(H,16,18). The van der Waals surface area contributed by atoms with Gasteiger partial charge in [-0.2, -0.15) is 0 Å². The number of hydrogen-bond donors (Lipinski definition) is 2. The van der Waals surface area contributed by atoms with Gasteiger partial charge in [-0.25, -0.2) is 4.79 Å². The van der Waals surface area contributed by atoms with Crippen LogP contribution in [0.3, 0.4) is 0 Å². The van der Waals surface area contributed by atoms with Crippen molar-refractivity contribution < 1.29 is 9.53 Å². The molecule has 20 heavy (non-hydrogen) atoms. The number of rotatable bonds is 4. The number of aromatic nitrogens is 1. The lowest BCUT2D eigenvalue weighted by Crippen LogP contribution is -2.36. The fourth-order valence-electron chi connectivity index (χ4n) is 2.35. The van der Waals surface area contributed by atoms with Crippen molar-refractivity contribution >= 4 is 23.3 Å². The van der Waals surface area contributed by atoms with Crippen LogP contribution in [0, 0.1) is 0 Å². The number of amides is 1. The predicted molar refractivity (Wildman–Crippen MR) is 79.3 cm³/mol. The minimum atomic E-state index is -0.387. The summed E-state index contributed by atoms with van der Waals surface area (Å²) in [6.07, 6.45) is 2.20. The van der Waals surface area contributed by atoms with Crippen LogP contribution < -0.4 is 11.1 Å². The van der Waals surface area contributed by atoms with Gasteiger partial charge in [0, 0.05) is 31.9 Å². The summed E-state index contributed by atoms with van der Waals surface area (Å²) >= 11 is 5.01. The number of carbonyl (C=O) groups excluding carboxylic acids is 1. The van der Waals surface area contributed by atoms with E-state index in [1.807, 2.05) is 12.1 Å². The van der Waals surface area contributed by atoms with Gasteiger partial charge in [0.15, 0.2) is 0 Å². The molecule has 0 aromatic carbocycles. The Kier molecular flexibility index (Phi) is 4.86. The molecule has 1 fully saturated rings. The molecule has 0 radical (unpaired) electrons. The molecule has 1 aliphatic rings. The van der Waals surface area contributed by atoms with Gasteiger partial charge in [-0.05, 0) is 18.1 Å². The molecule has 1 saturated heterocycles. The van der Waals surface area contributed by atoms with Crippen molar-refractivity contribution in [2.45, 2.75) is 19.0 Å². The smallest absolute Gasteiger partial charge is 0.407 e. The van der Waals surface area contributed by atoms with Crippen molar-refractivity contribution in [2.75, 3.05) is 20.2 Å². The van der Waals surface area contributed by atoms with Gasteiger partial charge in [0.1, 0.15) is 10.7 Å². The zero-order valence-electron chi connectivity index (χ0n) is 11.3. The lowest BCUT2D eigenvalue weighted by molar-refractivity contribution is 0.166. The number of ether oxygens (including phenoxy) is 1. The summed E-state index contributed by atoms with van der Waals surface area (Å²) in [5.74, 6) is 0. The van der Waals surface area contributed by atoms with Gasteiger partial charge in [-0.1, -0.05) is 18.3 Å². The molecule has 1 atom stereocenters. The molecule has 0 aliphatic carbocycles. The second-order valence-electron chi connectivity index (χ2n) is 4.73. The first kappa shape index (κ1) is 14.7. The topological polar surface area (TPSA) is 80.5 Å². The average Bonchev–Trinajstić information content (AvgIpc) is 2.86. The fraction of sp³-hybridized carbons (Fsp3) is 0.462. The molecule has 1 aromatic heterocycles. The van der Waals surface area contributed by atoms with Crippen LogP contribution in [0.1, 0.15) is 17.7 Å². The maximum atomic E-state index is 11.2. The van der Waals surface area contributed by atoms with E-state index in [0.29, 0.717) is 10.7 Å². The number of hydrogen-bond acceptors (Lipinski definition) is 5. The number of nitrogens with zero attached hydrogens (tertiary/aromatic N) is 2. The summed E-state index contributed by atoms with van der Waals surface area (Å²) in [5, 5.41) is 2.81. The molecule has 0 saturated carbocycles. The molecule has 1 unspecified atom stereocenters. The van der Waals surface area contributed by atoms with E-state index >= 15 is 0 Å². The third-order valence-corrected chi connectivity index (χ3v) is 3.49. The highest BCUT2D eigenvalue weighted by Crippen LogP contribution is 2.15. The summed E-state index contributed by atoms with van der Waals surface area (Å²) in [5.41, 5.74) is 7.36. The van der Waals surface area contributed by atoms with Crippen LogP contribution in [0.25, 0.3) is 0 Å². The number of nitrogens with one attached hydrogen (secondary N) is 1. The van der Waals surface area contributed by atoms with Crippen molar-refractivity contribution in [3.05, 3.63) is 29.6 Å². The van der Waals surface area contributed by atoms with Gasteiger partial charge in [0.25, 0.3) is 0 Å². The first-order valence-electron chi connectivity index (χ1n) is 6.40. The lowest BCUT2D eigenvalue weighted by atomic mass is 10.2. The summed E-state index contributed by atoms with van der Waals surface area (Å²) in [4.78, 5) is 17.9. The normalized spacial score (nSPS) is 18.8. The molecule has 6 nitrogen and oxygen atoms in total. The Balaban J connectivity index is 1.95. The third-order valence-electron chi connectivity index (χ3n) is 3.30. The number of methoxy groups -OCH3 is 1. The highest BCUT2D eigenvalue weighted by atomic mass is 32.1. The number of carbonyl (C=O) groups is 1. The monoisotopic (exact) mass is 294 g/mol. The first-order valence-corrected chi connectivity index (χ1v) is 6.81. The highest BCUT2D eigenvalue weighted by molar-refractivity contribution is 7.80. The maximum absolute atomic E-state index is 11.2. The molecular weight excluding hydrogens is 276 g/mol. The Hall–Kier alpha value is -1.73. The average molecular weight is 294 g/mol. The van der Waals surface area contributed by atoms with Crippen LogP contribution in [0.4, 0.5) is 4.79 Å². The summed E-state index contributed by atoms with van der Waals surface area (Å²) in [6, 6.07) is 3.97. The zero-order valence-corrected chi connectivity index (χ0v) is 12.2.